The van der Waals surface area contributed by atoms with Gasteiger partial charge in [-0.2, -0.15) is 0 Å². The van der Waals surface area contributed by atoms with E-state index in [-0.39, 0.29) is 0 Å². The fourth-order valence-corrected chi connectivity index (χ4v) is 1.91. The smallest absolute Gasteiger partial charge is 0.140 e. The second kappa shape index (κ2) is 5.27. The van der Waals surface area contributed by atoms with Crippen molar-refractivity contribution in [2.45, 2.75) is 20.4 Å². The molecule has 0 aliphatic carbocycles. The topological polar surface area (TPSA) is 37.8 Å². The van der Waals surface area contributed by atoms with Crippen molar-refractivity contribution in [1.82, 2.24) is 9.97 Å². The van der Waals surface area contributed by atoms with Crippen LogP contribution in [-0.2, 0) is 6.54 Å². The van der Waals surface area contributed by atoms with Crippen LogP contribution in [0.2, 0.25) is 0 Å². The molecule has 4 heteroatoms. The zero-order chi connectivity index (χ0) is 12.3. The van der Waals surface area contributed by atoms with E-state index in [0.717, 1.165) is 16.0 Å². The molecule has 0 atom stereocenters. The van der Waals surface area contributed by atoms with Crippen LogP contribution < -0.4 is 5.32 Å². The minimum atomic E-state index is 0.682. The SMILES string of the molecule is Cc1cccnc1CNc1nccc(C)c1Br. The van der Waals surface area contributed by atoms with Crippen LogP contribution in [0.3, 0.4) is 0 Å². The van der Waals surface area contributed by atoms with Crippen LogP contribution in [0, 0.1) is 13.8 Å². The first-order valence-corrected chi connectivity index (χ1v) is 6.23. The van der Waals surface area contributed by atoms with E-state index in [4.69, 9.17) is 0 Å². The van der Waals surface area contributed by atoms with Gasteiger partial charge in [-0.15, -0.1) is 0 Å². The monoisotopic (exact) mass is 291 g/mol. The highest BCUT2D eigenvalue weighted by Gasteiger charge is 2.04. The number of hydrogen-bond donors (Lipinski definition) is 1. The summed E-state index contributed by atoms with van der Waals surface area (Å²) in [6.07, 6.45) is 3.61. The Bertz CT molecular complexity index is 526. The summed E-state index contributed by atoms with van der Waals surface area (Å²) in [6, 6.07) is 5.98. The molecule has 0 bridgehead atoms. The number of rotatable bonds is 3. The van der Waals surface area contributed by atoms with E-state index in [2.05, 4.69) is 44.2 Å². The van der Waals surface area contributed by atoms with Crippen molar-refractivity contribution < 1.29 is 0 Å². The van der Waals surface area contributed by atoms with Gasteiger partial charge in [-0.25, -0.2) is 4.98 Å². The number of anilines is 1. The van der Waals surface area contributed by atoms with Gasteiger partial charge in [0.15, 0.2) is 0 Å². The summed E-state index contributed by atoms with van der Waals surface area (Å²) in [5.41, 5.74) is 3.40. The average molecular weight is 292 g/mol. The Balaban J connectivity index is 2.13. The van der Waals surface area contributed by atoms with Gasteiger partial charge >= 0.3 is 0 Å². The highest BCUT2D eigenvalue weighted by atomic mass is 79.9. The van der Waals surface area contributed by atoms with Gasteiger partial charge in [0.25, 0.3) is 0 Å². The third kappa shape index (κ3) is 2.82. The summed E-state index contributed by atoms with van der Waals surface area (Å²) >= 11 is 3.53. The molecule has 2 aromatic rings. The third-order valence-electron chi connectivity index (χ3n) is 2.62. The highest BCUT2D eigenvalue weighted by Crippen LogP contribution is 2.23. The first-order chi connectivity index (χ1) is 8.18. The number of hydrogen-bond acceptors (Lipinski definition) is 3. The molecule has 17 heavy (non-hydrogen) atoms. The minimum absolute atomic E-state index is 0.682. The van der Waals surface area contributed by atoms with Crippen LogP contribution in [0.4, 0.5) is 5.82 Å². The maximum absolute atomic E-state index is 4.34. The van der Waals surface area contributed by atoms with Crippen molar-refractivity contribution in [2.24, 2.45) is 0 Å². The summed E-state index contributed by atoms with van der Waals surface area (Å²) in [5, 5.41) is 3.29. The van der Waals surface area contributed by atoms with Crippen LogP contribution in [0.5, 0.6) is 0 Å². The molecule has 88 valence electrons. The van der Waals surface area contributed by atoms with Gasteiger partial charge < -0.3 is 5.32 Å². The quantitative estimate of drug-likeness (QED) is 0.941. The molecule has 2 aromatic heterocycles. The van der Waals surface area contributed by atoms with Crippen molar-refractivity contribution in [3.05, 3.63) is 51.9 Å². The normalized spacial score (nSPS) is 10.3. The van der Waals surface area contributed by atoms with Gasteiger partial charge in [0.1, 0.15) is 5.82 Å². The molecule has 2 rings (SSSR count). The van der Waals surface area contributed by atoms with Crippen molar-refractivity contribution >= 4 is 21.7 Å². The summed E-state index contributed by atoms with van der Waals surface area (Å²) < 4.78 is 1.01. The second-order valence-corrected chi connectivity index (χ2v) is 4.70. The Kier molecular flexibility index (Phi) is 3.74. The molecule has 0 aromatic carbocycles. The number of pyridine rings is 2. The average Bonchev–Trinajstić information content (AvgIpc) is 2.33. The van der Waals surface area contributed by atoms with Gasteiger partial charge in [0, 0.05) is 12.4 Å². The van der Waals surface area contributed by atoms with E-state index < -0.39 is 0 Å². The molecule has 0 radical (unpaired) electrons. The van der Waals surface area contributed by atoms with Crippen molar-refractivity contribution in [1.29, 1.82) is 0 Å². The zero-order valence-corrected chi connectivity index (χ0v) is 11.5. The summed E-state index contributed by atoms with van der Waals surface area (Å²) in [5.74, 6) is 0.857. The fraction of sp³-hybridized carbons (Fsp3) is 0.231. The standard InChI is InChI=1S/C13H14BrN3/c1-9-4-3-6-15-11(9)8-17-13-12(14)10(2)5-7-16-13/h3-7H,8H2,1-2H3,(H,16,17). The largest absolute Gasteiger partial charge is 0.363 e. The Morgan fingerprint density at radius 3 is 2.71 bits per heavy atom. The molecule has 0 unspecified atom stereocenters. The van der Waals surface area contributed by atoms with E-state index in [1.54, 1.807) is 6.20 Å². The molecule has 2 heterocycles. The second-order valence-electron chi connectivity index (χ2n) is 3.91. The molecule has 0 aliphatic heterocycles. The van der Waals surface area contributed by atoms with Gasteiger partial charge in [-0.05, 0) is 53.0 Å². The van der Waals surface area contributed by atoms with Gasteiger partial charge in [0.05, 0.1) is 16.7 Å². The predicted octanol–water partition coefficient (Wildman–Crippen LogP) is 3.47. The first-order valence-electron chi connectivity index (χ1n) is 5.44. The van der Waals surface area contributed by atoms with Crippen LogP contribution in [0.1, 0.15) is 16.8 Å². The summed E-state index contributed by atoms with van der Waals surface area (Å²) in [7, 11) is 0. The number of halogens is 1. The van der Waals surface area contributed by atoms with E-state index in [1.165, 1.54) is 11.1 Å². The van der Waals surface area contributed by atoms with E-state index in [0.29, 0.717) is 6.54 Å². The lowest BCUT2D eigenvalue weighted by Crippen LogP contribution is -2.05. The maximum atomic E-state index is 4.34. The van der Waals surface area contributed by atoms with E-state index >= 15 is 0 Å². The van der Waals surface area contributed by atoms with Crippen LogP contribution >= 0.6 is 15.9 Å². The predicted molar refractivity (Wildman–Crippen MR) is 73.0 cm³/mol. The number of aromatic nitrogens is 2. The Morgan fingerprint density at radius 1 is 1.12 bits per heavy atom. The van der Waals surface area contributed by atoms with Crippen molar-refractivity contribution in [3.8, 4) is 0 Å². The molecule has 0 aliphatic rings. The Labute approximate surface area is 109 Å². The number of aryl methyl sites for hydroxylation is 2. The molecule has 0 amide bonds. The van der Waals surface area contributed by atoms with Gasteiger partial charge in [-0.3, -0.25) is 4.98 Å². The Morgan fingerprint density at radius 2 is 1.94 bits per heavy atom. The lowest BCUT2D eigenvalue weighted by Gasteiger charge is -2.09. The molecule has 3 nitrogen and oxygen atoms in total. The maximum Gasteiger partial charge on any atom is 0.140 e. The molecular weight excluding hydrogens is 278 g/mol. The first kappa shape index (κ1) is 12.0. The van der Waals surface area contributed by atoms with Crippen LogP contribution in [-0.4, -0.2) is 9.97 Å². The molecule has 0 saturated carbocycles. The lowest BCUT2D eigenvalue weighted by molar-refractivity contribution is 1.00. The fourth-order valence-electron chi connectivity index (χ4n) is 1.53. The van der Waals surface area contributed by atoms with E-state index in [9.17, 15) is 0 Å². The molecule has 0 saturated heterocycles. The zero-order valence-electron chi connectivity index (χ0n) is 9.87. The van der Waals surface area contributed by atoms with E-state index in [1.807, 2.05) is 25.3 Å². The number of nitrogens with one attached hydrogen (secondary N) is 1. The summed E-state index contributed by atoms with van der Waals surface area (Å²) in [4.78, 5) is 8.64. The van der Waals surface area contributed by atoms with Crippen molar-refractivity contribution in [2.75, 3.05) is 5.32 Å². The Hall–Kier alpha value is -1.42. The summed E-state index contributed by atoms with van der Waals surface area (Å²) in [6.45, 7) is 4.79. The highest BCUT2D eigenvalue weighted by molar-refractivity contribution is 9.10. The van der Waals surface area contributed by atoms with Gasteiger partial charge in [-0.1, -0.05) is 6.07 Å². The lowest BCUT2D eigenvalue weighted by atomic mass is 10.2. The molecule has 0 spiro atoms. The third-order valence-corrected chi connectivity index (χ3v) is 3.62. The molecule has 1 N–H and O–H groups in total. The number of nitrogens with zero attached hydrogens (tertiary/aromatic N) is 2. The van der Waals surface area contributed by atoms with Crippen LogP contribution in [0.25, 0.3) is 0 Å². The van der Waals surface area contributed by atoms with Crippen molar-refractivity contribution in [3.63, 3.8) is 0 Å². The minimum Gasteiger partial charge on any atom is -0.363 e. The molecule has 0 fully saturated rings. The van der Waals surface area contributed by atoms with Crippen LogP contribution in [0.15, 0.2) is 35.1 Å². The van der Waals surface area contributed by atoms with Gasteiger partial charge in [0.2, 0.25) is 0 Å². The molecular formula is C13H14BrN3.